The van der Waals surface area contributed by atoms with E-state index >= 15 is 0 Å². The SMILES string of the molecule is COc1cc(C=NNC(=O)c2cc3ccccc3cc2OC)ccc1OCc1ccc(Cl)cc1. The first-order chi connectivity index (χ1) is 16.6. The monoisotopic (exact) mass is 474 g/mol. The van der Waals surface area contributed by atoms with Crippen molar-refractivity contribution in [2.45, 2.75) is 6.61 Å². The first-order valence-corrected chi connectivity index (χ1v) is 10.9. The summed E-state index contributed by atoms with van der Waals surface area (Å²) in [6, 6.07) is 24.2. The fraction of sp³-hybridized carbons (Fsp3) is 0.111. The molecule has 0 saturated carbocycles. The van der Waals surface area contributed by atoms with Crippen molar-refractivity contribution in [3.63, 3.8) is 0 Å². The average molecular weight is 475 g/mol. The van der Waals surface area contributed by atoms with Gasteiger partial charge in [-0.2, -0.15) is 5.10 Å². The lowest BCUT2D eigenvalue weighted by atomic mass is 10.1. The van der Waals surface area contributed by atoms with Crippen molar-refractivity contribution in [2.75, 3.05) is 14.2 Å². The van der Waals surface area contributed by atoms with Gasteiger partial charge in [0.2, 0.25) is 0 Å². The maximum atomic E-state index is 12.7. The first-order valence-electron chi connectivity index (χ1n) is 10.5. The lowest BCUT2D eigenvalue weighted by Crippen LogP contribution is -2.18. The van der Waals surface area contributed by atoms with Crippen LogP contribution in [0.2, 0.25) is 5.02 Å². The predicted octanol–water partition coefficient (Wildman–Crippen LogP) is 5.85. The normalized spacial score (nSPS) is 10.9. The molecule has 34 heavy (non-hydrogen) atoms. The van der Waals surface area contributed by atoms with Crippen LogP contribution in [0.3, 0.4) is 0 Å². The van der Waals surface area contributed by atoms with E-state index < -0.39 is 0 Å². The van der Waals surface area contributed by atoms with E-state index in [9.17, 15) is 4.79 Å². The van der Waals surface area contributed by atoms with Crippen LogP contribution in [-0.2, 0) is 6.61 Å². The topological polar surface area (TPSA) is 69.2 Å². The van der Waals surface area contributed by atoms with Gasteiger partial charge in [0.15, 0.2) is 11.5 Å². The van der Waals surface area contributed by atoms with Crippen molar-refractivity contribution in [3.05, 3.63) is 101 Å². The van der Waals surface area contributed by atoms with E-state index in [-0.39, 0.29) is 5.91 Å². The molecular formula is C27H23ClN2O4. The molecule has 4 aromatic carbocycles. The van der Waals surface area contributed by atoms with Crippen molar-refractivity contribution in [2.24, 2.45) is 5.10 Å². The van der Waals surface area contributed by atoms with Crippen molar-refractivity contribution in [3.8, 4) is 17.2 Å². The number of ether oxygens (including phenoxy) is 3. The van der Waals surface area contributed by atoms with Gasteiger partial charge in [-0.1, -0.05) is 48.0 Å². The Labute approximate surface area is 202 Å². The molecule has 0 aliphatic heterocycles. The van der Waals surface area contributed by atoms with E-state index in [1.807, 2.05) is 60.7 Å². The third-order valence-electron chi connectivity index (χ3n) is 5.19. The van der Waals surface area contributed by atoms with E-state index in [1.54, 1.807) is 25.3 Å². The second-order valence-corrected chi connectivity index (χ2v) is 7.86. The molecule has 0 unspecified atom stereocenters. The number of amides is 1. The summed E-state index contributed by atoms with van der Waals surface area (Å²) in [5, 5.41) is 6.70. The summed E-state index contributed by atoms with van der Waals surface area (Å²) in [4.78, 5) is 12.7. The van der Waals surface area contributed by atoms with Crippen LogP contribution in [0.5, 0.6) is 17.2 Å². The Kier molecular flexibility index (Phi) is 7.30. The van der Waals surface area contributed by atoms with E-state index in [1.165, 1.54) is 13.3 Å². The molecule has 7 heteroatoms. The third kappa shape index (κ3) is 5.47. The molecule has 4 aromatic rings. The third-order valence-corrected chi connectivity index (χ3v) is 5.44. The summed E-state index contributed by atoms with van der Waals surface area (Å²) in [5.74, 6) is 1.27. The Morgan fingerprint density at radius 3 is 2.29 bits per heavy atom. The zero-order chi connectivity index (χ0) is 23.9. The number of benzene rings is 4. The highest BCUT2D eigenvalue weighted by atomic mass is 35.5. The highest BCUT2D eigenvalue weighted by Gasteiger charge is 2.13. The van der Waals surface area contributed by atoms with Crippen LogP contribution in [0.15, 0.2) is 84.0 Å². The number of nitrogens with zero attached hydrogens (tertiary/aromatic N) is 1. The van der Waals surface area contributed by atoms with Crippen molar-refractivity contribution in [1.29, 1.82) is 0 Å². The lowest BCUT2D eigenvalue weighted by molar-refractivity contribution is 0.0952. The molecule has 0 aliphatic carbocycles. The van der Waals surface area contributed by atoms with Gasteiger partial charge in [0.1, 0.15) is 12.4 Å². The Bertz CT molecular complexity index is 1340. The van der Waals surface area contributed by atoms with Crippen LogP contribution in [0.4, 0.5) is 0 Å². The Morgan fingerprint density at radius 2 is 1.59 bits per heavy atom. The van der Waals surface area contributed by atoms with Crippen LogP contribution in [-0.4, -0.2) is 26.3 Å². The molecule has 0 fully saturated rings. The first kappa shape index (κ1) is 23.1. The standard InChI is InChI=1S/C27H23ClN2O4/c1-32-25-15-21-6-4-3-5-20(21)14-23(25)27(31)30-29-16-19-9-12-24(26(13-19)33-2)34-17-18-7-10-22(28)11-8-18/h3-16H,17H2,1-2H3,(H,30,31). The van der Waals surface area contributed by atoms with E-state index in [4.69, 9.17) is 25.8 Å². The van der Waals surface area contributed by atoms with Crippen LogP contribution in [0.25, 0.3) is 10.8 Å². The van der Waals surface area contributed by atoms with Crippen LogP contribution >= 0.6 is 11.6 Å². The fourth-order valence-electron chi connectivity index (χ4n) is 3.42. The molecule has 0 heterocycles. The Balaban J connectivity index is 1.43. The number of rotatable bonds is 8. The quantitative estimate of drug-likeness (QED) is 0.257. The minimum absolute atomic E-state index is 0.367. The number of fused-ring (bicyclic) bond motifs is 1. The molecule has 0 bridgehead atoms. The van der Waals surface area contributed by atoms with Gasteiger partial charge in [-0.05, 0) is 64.4 Å². The molecular weight excluding hydrogens is 452 g/mol. The van der Waals surface area contributed by atoms with Gasteiger partial charge >= 0.3 is 0 Å². The van der Waals surface area contributed by atoms with Crippen molar-refractivity contribution < 1.29 is 19.0 Å². The molecule has 6 nitrogen and oxygen atoms in total. The molecule has 0 radical (unpaired) electrons. The summed E-state index contributed by atoms with van der Waals surface area (Å²) in [5.41, 5.74) is 4.69. The highest BCUT2D eigenvalue weighted by Crippen LogP contribution is 2.29. The minimum Gasteiger partial charge on any atom is -0.496 e. The second kappa shape index (κ2) is 10.7. The van der Waals surface area contributed by atoms with E-state index in [0.717, 1.165) is 21.9 Å². The number of hydrogen-bond acceptors (Lipinski definition) is 5. The fourth-order valence-corrected chi connectivity index (χ4v) is 3.54. The van der Waals surface area contributed by atoms with Crippen molar-refractivity contribution >= 4 is 34.5 Å². The van der Waals surface area contributed by atoms with Crippen molar-refractivity contribution in [1.82, 2.24) is 5.43 Å². The molecule has 0 spiro atoms. The molecule has 0 atom stereocenters. The summed E-state index contributed by atoms with van der Waals surface area (Å²) >= 11 is 5.92. The second-order valence-electron chi connectivity index (χ2n) is 7.42. The molecule has 0 aliphatic rings. The van der Waals surface area contributed by atoms with Gasteiger partial charge < -0.3 is 14.2 Å². The predicted molar refractivity (Wildman–Crippen MR) is 134 cm³/mol. The Hall–Kier alpha value is -4.03. The number of methoxy groups -OCH3 is 2. The number of halogens is 1. The van der Waals surface area contributed by atoms with Crippen LogP contribution < -0.4 is 19.6 Å². The maximum Gasteiger partial charge on any atom is 0.275 e. The van der Waals surface area contributed by atoms with Crippen LogP contribution in [0.1, 0.15) is 21.5 Å². The molecule has 0 saturated heterocycles. The zero-order valence-electron chi connectivity index (χ0n) is 18.7. The van der Waals surface area contributed by atoms with E-state index in [0.29, 0.717) is 34.4 Å². The number of hydrazone groups is 1. The maximum absolute atomic E-state index is 12.7. The molecule has 1 N–H and O–H groups in total. The van der Waals surface area contributed by atoms with Gasteiger partial charge in [-0.3, -0.25) is 4.79 Å². The summed E-state index contributed by atoms with van der Waals surface area (Å²) in [7, 11) is 3.10. The number of carbonyl (C=O) groups excluding carboxylic acids is 1. The summed E-state index contributed by atoms with van der Waals surface area (Å²) in [6.45, 7) is 0.380. The van der Waals surface area contributed by atoms with Gasteiger partial charge in [0.25, 0.3) is 5.91 Å². The summed E-state index contributed by atoms with van der Waals surface area (Å²) < 4.78 is 16.7. The van der Waals surface area contributed by atoms with E-state index in [2.05, 4.69) is 10.5 Å². The minimum atomic E-state index is -0.367. The average Bonchev–Trinajstić information content (AvgIpc) is 2.87. The number of carbonyl (C=O) groups is 1. The zero-order valence-corrected chi connectivity index (χ0v) is 19.5. The molecule has 172 valence electrons. The van der Waals surface area contributed by atoms with Gasteiger partial charge in [0, 0.05) is 5.02 Å². The highest BCUT2D eigenvalue weighted by molar-refractivity contribution is 6.30. The number of hydrogen-bond donors (Lipinski definition) is 1. The number of nitrogens with one attached hydrogen (secondary N) is 1. The molecule has 0 aromatic heterocycles. The van der Waals surface area contributed by atoms with Gasteiger partial charge in [-0.15, -0.1) is 0 Å². The smallest absolute Gasteiger partial charge is 0.275 e. The van der Waals surface area contributed by atoms with Crippen LogP contribution in [0, 0.1) is 0 Å². The van der Waals surface area contributed by atoms with Gasteiger partial charge in [-0.25, -0.2) is 5.43 Å². The summed E-state index contributed by atoms with van der Waals surface area (Å²) in [6.07, 6.45) is 1.54. The molecule has 4 rings (SSSR count). The lowest BCUT2D eigenvalue weighted by Gasteiger charge is -2.11. The molecule has 1 amide bonds. The van der Waals surface area contributed by atoms with Gasteiger partial charge in [0.05, 0.1) is 26.0 Å². The largest absolute Gasteiger partial charge is 0.496 e. The Morgan fingerprint density at radius 1 is 0.882 bits per heavy atom.